The maximum Gasteiger partial charge on any atom is 0.320 e. The zero-order valence-corrected chi connectivity index (χ0v) is 15.8. The lowest BCUT2D eigenvalue weighted by Gasteiger charge is -2.11. The summed E-state index contributed by atoms with van der Waals surface area (Å²) in [5, 5.41) is 2.59. The second kappa shape index (κ2) is 8.05. The number of hydrogen-bond donors (Lipinski definition) is 1. The van der Waals surface area contributed by atoms with Crippen molar-refractivity contribution in [3.05, 3.63) is 92.5 Å². The molecule has 0 fully saturated rings. The normalized spacial score (nSPS) is 10.6. The first-order valence-electron chi connectivity index (χ1n) is 8.76. The van der Waals surface area contributed by atoms with Gasteiger partial charge in [0.1, 0.15) is 12.4 Å². The van der Waals surface area contributed by atoms with E-state index >= 15 is 0 Å². The van der Waals surface area contributed by atoms with Crippen LogP contribution in [-0.4, -0.2) is 20.8 Å². The van der Waals surface area contributed by atoms with E-state index in [-0.39, 0.29) is 18.0 Å². The first-order valence-corrected chi connectivity index (χ1v) is 8.76. The molecule has 2 aromatic carbocycles. The van der Waals surface area contributed by atoms with Gasteiger partial charge in [0.15, 0.2) is 5.78 Å². The van der Waals surface area contributed by atoms with Gasteiger partial charge >= 0.3 is 11.1 Å². The molecule has 1 amide bonds. The van der Waals surface area contributed by atoms with Crippen LogP contribution in [0.2, 0.25) is 0 Å². The maximum absolute atomic E-state index is 13.5. The standard InChI is InChI=1S/C21H18FN3O4/c1-13-6-7-16(22)11-18(13)25-9-8-24(20(28)21(25)29)12-19(27)23-17-5-3-4-15(10-17)14(2)26/h3-11H,12H2,1-2H3,(H,23,27). The fraction of sp³-hybridized carbons (Fsp3) is 0.143. The summed E-state index contributed by atoms with van der Waals surface area (Å²) in [5.41, 5.74) is -0.0950. The van der Waals surface area contributed by atoms with Crippen LogP contribution in [0.1, 0.15) is 22.8 Å². The highest BCUT2D eigenvalue weighted by Gasteiger charge is 2.12. The number of anilines is 1. The summed E-state index contributed by atoms with van der Waals surface area (Å²) in [6, 6.07) is 10.3. The van der Waals surface area contributed by atoms with Crippen LogP contribution in [0.5, 0.6) is 0 Å². The predicted octanol–water partition coefficient (Wildman–Crippen LogP) is 2.29. The number of halogens is 1. The zero-order valence-electron chi connectivity index (χ0n) is 15.8. The highest BCUT2D eigenvalue weighted by Crippen LogP contribution is 2.13. The molecule has 3 aromatic rings. The number of amides is 1. The molecule has 0 unspecified atom stereocenters. The Bertz CT molecular complexity index is 1230. The van der Waals surface area contributed by atoms with Crippen molar-refractivity contribution < 1.29 is 14.0 Å². The van der Waals surface area contributed by atoms with E-state index in [4.69, 9.17) is 0 Å². The van der Waals surface area contributed by atoms with E-state index in [0.717, 1.165) is 15.2 Å². The van der Waals surface area contributed by atoms with Gasteiger partial charge in [-0.15, -0.1) is 0 Å². The molecule has 0 atom stereocenters. The lowest BCUT2D eigenvalue weighted by Crippen LogP contribution is -2.41. The quantitative estimate of drug-likeness (QED) is 0.530. The Morgan fingerprint density at radius 3 is 2.52 bits per heavy atom. The average Bonchev–Trinajstić information content (AvgIpc) is 2.68. The Morgan fingerprint density at radius 2 is 1.79 bits per heavy atom. The van der Waals surface area contributed by atoms with Gasteiger partial charge in [-0.25, -0.2) is 4.39 Å². The Labute approximate surface area is 165 Å². The Hall–Kier alpha value is -3.81. The smallest absolute Gasteiger partial charge is 0.320 e. The van der Waals surface area contributed by atoms with Crippen LogP contribution in [0.15, 0.2) is 64.4 Å². The molecule has 1 heterocycles. The van der Waals surface area contributed by atoms with Crippen molar-refractivity contribution in [3.8, 4) is 5.69 Å². The number of ketones is 1. The Balaban J connectivity index is 1.85. The molecular weight excluding hydrogens is 377 g/mol. The molecule has 0 spiro atoms. The number of aromatic nitrogens is 2. The van der Waals surface area contributed by atoms with Crippen molar-refractivity contribution in [1.29, 1.82) is 0 Å². The number of nitrogens with one attached hydrogen (secondary N) is 1. The first-order chi connectivity index (χ1) is 13.8. The topological polar surface area (TPSA) is 90.2 Å². The summed E-state index contributed by atoms with van der Waals surface area (Å²) in [4.78, 5) is 48.6. The van der Waals surface area contributed by atoms with Gasteiger partial charge in [-0.2, -0.15) is 0 Å². The lowest BCUT2D eigenvalue weighted by molar-refractivity contribution is -0.116. The van der Waals surface area contributed by atoms with Gasteiger partial charge in [0.25, 0.3) is 0 Å². The Morgan fingerprint density at radius 1 is 1.03 bits per heavy atom. The monoisotopic (exact) mass is 395 g/mol. The van der Waals surface area contributed by atoms with Gasteiger partial charge in [0.05, 0.1) is 5.69 Å². The second-order valence-corrected chi connectivity index (χ2v) is 6.52. The molecular formula is C21H18FN3O4. The van der Waals surface area contributed by atoms with Gasteiger partial charge in [-0.3, -0.25) is 28.3 Å². The Kier molecular flexibility index (Phi) is 5.54. The molecule has 3 rings (SSSR count). The number of hydrogen-bond acceptors (Lipinski definition) is 4. The number of benzene rings is 2. The number of Topliss-reactive ketones (excluding diaryl/α,β-unsaturated/α-hetero) is 1. The van der Waals surface area contributed by atoms with Crippen LogP contribution >= 0.6 is 0 Å². The fourth-order valence-electron chi connectivity index (χ4n) is 2.84. The largest absolute Gasteiger partial charge is 0.325 e. The van der Waals surface area contributed by atoms with Gasteiger partial charge in [0, 0.05) is 23.6 Å². The van der Waals surface area contributed by atoms with Crippen LogP contribution in [0.3, 0.4) is 0 Å². The third-order valence-corrected chi connectivity index (χ3v) is 4.36. The summed E-state index contributed by atoms with van der Waals surface area (Å²) in [6.07, 6.45) is 2.61. The molecule has 0 aliphatic carbocycles. The van der Waals surface area contributed by atoms with Crippen molar-refractivity contribution in [2.45, 2.75) is 20.4 Å². The molecule has 0 saturated heterocycles. The molecule has 0 bridgehead atoms. The molecule has 1 aromatic heterocycles. The van der Waals surface area contributed by atoms with Crippen molar-refractivity contribution in [3.63, 3.8) is 0 Å². The predicted molar refractivity (Wildman–Crippen MR) is 106 cm³/mol. The van der Waals surface area contributed by atoms with E-state index in [0.29, 0.717) is 16.8 Å². The molecule has 0 saturated carbocycles. The van der Waals surface area contributed by atoms with E-state index in [1.54, 1.807) is 25.1 Å². The lowest BCUT2D eigenvalue weighted by atomic mass is 10.1. The van der Waals surface area contributed by atoms with Crippen molar-refractivity contribution in [1.82, 2.24) is 9.13 Å². The van der Waals surface area contributed by atoms with Gasteiger partial charge in [-0.1, -0.05) is 18.2 Å². The summed E-state index contributed by atoms with van der Waals surface area (Å²) >= 11 is 0. The molecule has 29 heavy (non-hydrogen) atoms. The minimum Gasteiger partial charge on any atom is -0.325 e. The minimum absolute atomic E-state index is 0.145. The van der Waals surface area contributed by atoms with Crippen LogP contribution in [0.4, 0.5) is 10.1 Å². The average molecular weight is 395 g/mol. The van der Waals surface area contributed by atoms with Crippen LogP contribution in [0, 0.1) is 12.7 Å². The fourth-order valence-corrected chi connectivity index (χ4v) is 2.84. The molecule has 0 aliphatic rings. The van der Waals surface area contributed by atoms with E-state index in [2.05, 4.69) is 5.32 Å². The second-order valence-electron chi connectivity index (χ2n) is 6.52. The zero-order chi connectivity index (χ0) is 21.1. The van der Waals surface area contributed by atoms with Crippen molar-refractivity contribution >= 4 is 17.4 Å². The molecule has 148 valence electrons. The van der Waals surface area contributed by atoms with Gasteiger partial charge in [0.2, 0.25) is 5.91 Å². The van der Waals surface area contributed by atoms with Crippen LogP contribution in [-0.2, 0) is 11.3 Å². The third-order valence-electron chi connectivity index (χ3n) is 4.36. The summed E-state index contributed by atoms with van der Waals surface area (Å²) in [6.45, 7) is 2.71. The minimum atomic E-state index is -0.913. The number of carbonyl (C=O) groups excluding carboxylic acids is 2. The molecule has 8 heteroatoms. The van der Waals surface area contributed by atoms with Gasteiger partial charge in [-0.05, 0) is 43.7 Å². The number of rotatable bonds is 5. The number of aryl methyl sites for hydroxylation is 1. The van der Waals surface area contributed by atoms with E-state index < -0.39 is 22.8 Å². The number of carbonyl (C=O) groups is 2. The number of nitrogens with zero attached hydrogens (tertiary/aromatic N) is 2. The summed E-state index contributed by atoms with van der Waals surface area (Å²) in [5.74, 6) is -1.21. The SMILES string of the molecule is CC(=O)c1cccc(NC(=O)Cn2ccn(-c3cc(F)ccc3C)c(=O)c2=O)c1. The van der Waals surface area contributed by atoms with E-state index in [9.17, 15) is 23.6 Å². The molecule has 7 nitrogen and oxygen atoms in total. The summed E-state index contributed by atoms with van der Waals surface area (Å²) in [7, 11) is 0. The third kappa shape index (κ3) is 4.37. The van der Waals surface area contributed by atoms with E-state index in [1.807, 2.05) is 0 Å². The molecule has 0 radical (unpaired) electrons. The van der Waals surface area contributed by atoms with Gasteiger partial charge < -0.3 is 5.32 Å². The van der Waals surface area contributed by atoms with Crippen molar-refractivity contribution in [2.24, 2.45) is 0 Å². The summed E-state index contributed by atoms with van der Waals surface area (Å²) < 4.78 is 15.5. The van der Waals surface area contributed by atoms with Crippen molar-refractivity contribution in [2.75, 3.05) is 5.32 Å². The molecule has 0 aliphatic heterocycles. The van der Waals surface area contributed by atoms with Crippen LogP contribution < -0.4 is 16.4 Å². The maximum atomic E-state index is 13.5. The van der Waals surface area contributed by atoms with E-state index in [1.165, 1.54) is 37.5 Å². The highest BCUT2D eigenvalue weighted by atomic mass is 19.1. The molecule has 1 N–H and O–H groups in total. The first kappa shape index (κ1) is 19.9. The highest BCUT2D eigenvalue weighted by molar-refractivity contribution is 5.97. The van der Waals surface area contributed by atoms with Crippen LogP contribution in [0.25, 0.3) is 5.69 Å².